The van der Waals surface area contributed by atoms with Gasteiger partial charge in [0.15, 0.2) is 0 Å². The summed E-state index contributed by atoms with van der Waals surface area (Å²) in [7, 11) is 0. The van der Waals surface area contributed by atoms with Crippen molar-refractivity contribution in [2.24, 2.45) is 11.7 Å². The number of rotatable bonds is 16. The smallest absolute Gasteiger partial charge is 0.326 e. The maximum Gasteiger partial charge on any atom is 0.326 e. The van der Waals surface area contributed by atoms with Gasteiger partial charge in [0.2, 0.25) is 17.7 Å². The van der Waals surface area contributed by atoms with Crippen molar-refractivity contribution in [3.63, 3.8) is 0 Å². The minimum Gasteiger partial charge on any atom is -0.508 e. The van der Waals surface area contributed by atoms with Crippen LogP contribution in [0.15, 0.2) is 54.6 Å². The molecule has 0 fully saturated rings. The van der Waals surface area contributed by atoms with Crippen molar-refractivity contribution < 1.29 is 29.4 Å². The van der Waals surface area contributed by atoms with Crippen LogP contribution in [0, 0.1) is 5.92 Å². The van der Waals surface area contributed by atoms with Gasteiger partial charge in [0.25, 0.3) is 0 Å². The second-order valence-corrected chi connectivity index (χ2v) is 10.8. The average molecular weight is 573 g/mol. The number of carbonyl (C=O) groups excluding carboxylic acids is 3. The van der Waals surface area contributed by atoms with Gasteiger partial charge in [-0.15, -0.1) is 0 Å². The van der Waals surface area contributed by atoms with Gasteiger partial charge in [0.1, 0.15) is 23.9 Å². The average Bonchev–Trinajstić information content (AvgIpc) is 2.94. The lowest BCUT2D eigenvalue weighted by atomic mass is 9.96. The molecule has 0 saturated heterocycles. The molecule has 0 radical (unpaired) electrons. The van der Waals surface area contributed by atoms with E-state index in [9.17, 15) is 29.4 Å². The first-order valence-corrected chi connectivity index (χ1v) is 14.6. The van der Waals surface area contributed by atoms with Gasteiger partial charge in [-0.3, -0.25) is 14.4 Å². The van der Waals surface area contributed by atoms with E-state index < -0.39 is 47.9 Å². The number of amides is 3. The predicted octanol–water partition coefficient (Wildman–Crippen LogP) is 1.84. The molecule has 11 heteroatoms. The van der Waals surface area contributed by atoms with Crippen LogP contribution in [0.1, 0.15) is 37.8 Å². The van der Waals surface area contributed by atoms with Gasteiger partial charge in [-0.25, -0.2) is 4.79 Å². The third-order valence-electron chi connectivity index (χ3n) is 6.67. The summed E-state index contributed by atoms with van der Waals surface area (Å²) in [6, 6.07) is 11.0. The highest BCUT2D eigenvalue weighted by Gasteiger charge is 2.33. The number of aliphatic carboxylic acids is 1. The maximum atomic E-state index is 13.5. The molecule has 2 rings (SSSR count). The first-order valence-electron chi connectivity index (χ1n) is 13.3. The SMILES string of the molecule is CCC(C)C(NC(=O)C(Cc1ccc(O)cc1)NC(=O)C(N)CCSC)C(=O)NC(Cc1ccccc1)C(=O)O. The van der Waals surface area contributed by atoms with Crippen molar-refractivity contribution in [2.75, 3.05) is 12.0 Å². The normalized spacial score (nSPS) is 14.7. The Labute approximate surface area is 239 Å². The highest BCUT2D eigenvalue weighted by Crippen LogP contribution is 2.14. The van der Waals surface area contributed by atoms with Crippen LogP contribution in [-0.4, -0.2) is 70.1 Å². The third-order valence-corrected chi connectivity index (χ3v) is 7.31. The Morgan fingerprint density at radius 2 is 1.43 bits per heavy atom. The van der Waals surface area contributed by atoms with E-state index in [-0.39, 0.29) is 24.5 Å². The number of carboxylic acid groups (broad SMARTS) is 1. The van der Waals surface area contributed by atoms with E-state index in [0.29, 0.717) is 24.2 Å². The molecule has 7 N–H and O–H groups in total. The zero-order chi connectivity index (χ0) is 29.7. The largest absolute Gasteiger partial charge is 0.508 e. The Balaban J connectivity index is 2.23. The molecule has 0 saturated carbocycles. The first-order chi connectivity index (χ1) is 19.0. The lowest BCUT2D eigenvalue weighted by molar-refractivity contribution is -0.142. The molecule has 0 heterocycles. The second kappa shape index (κ2) is 16.5. The summed E-state index contributed by atoms with van der Waals surface area (Å²) in [6.45, 7) is 3.64. The van der Waals surface area contributed by atoms with Crippen LogP contribution in [0.2, 0.25) is 0 Å². The van der Waals surface area contributed by atoms with Crippen molar-refractivity contribution in [3.8, 4) is 5.75 Å². The molecule has 3 amide bonds. The molecule has 0 bridgehead atoms. The Morgan fingerprint density at radius 3 is 2.00 bits per heavy atom. The highest BCUT2D eigenvalue weighted by atomic mass is 32.2. The van der Waals surface area contributed by atoms with Gasteiger partial charge >= 0.3 is 5.97 Å². The van der Waals surface area contributed by atoms with Crippen molar-refractivity contribution in [1.82, 2.24) is 16.0 Å². The lowest BCUT2D eigenvalue weighted by Gasteiger charge is -2.28. The number of phenolic OH excluding ortho intramolecular Hbond substituents is 1. The lowest BCUT2D eigenvalue weighted by Crippen LogP contribution is -2.59. The van der Waals surface area contributed by atoms with E-state index in [1.165, 1.54) is 12.1 Å². The number of hydrogen-bond donors (Lipinski definition) is 6. The van der Waals surface area contributed by atoms with Crippen LogP contribution in [-0.2, 0) is 32.0 Å². The Bertz CT molecular complexity index is 1120. The van der Waals surface area contributed by atoms with Gasteiger partial charge in [-0.05, 0) is 47.6 Å². The van der Waals surface area contributed by atoms with Crippen molar-refractivity contribution >= 4 is 35.5 Å². The number of hydrogen-bond acceptors (Lipinski definition) is 7. The number of phenols is 1. The number of nitrogens with one attached hydrogen (secondary N) is 3. The molecule has 0 aliphatic rings. The monoisotopic (exact) mass is 572 g/mol. The van der Waals surface area contributed by atoms with E-state index in [2.05, 4.69) is 16.0 Å². The van der Waals surface area contributed by atoms with E-state index in [4.69, 9.17) is 5.73 Å². The second-order valence-electron chi connectivity index (χ2n) is 9.78. The minimum absolute atomic E-state index is 0.0601. The van der Waals surface area contributed by atoms with Crippen LogP contribution in [0.4, 0.5) is 0 Å². The zero-order valence-electron chi connectivity index (χ0n) is 23.1. The van der Waals surface area contributed by atoms with Crippen LogP contribution in [0.25, 0.3) is 0 Å². The summed E-state index contributed by atoms with van der Waals surface area (Å²) in [6.07, 6.45) is 3.03. The molecule has 2 aromatic carbocycles. The number of aromatic hydroxyl groups is 1. The Hall–Kier alpha value is -3.57. The van der Waals surface area contributed by atoms with Crippen LogP contribution >= 0.6 is 11.8 Å². The van der Waals surface area contributed by atoms with Gasteiger partial charge in [0, 0.05) is 12.8 Å². The van der Waals surface area contributed by atoms with Crippen LogP contribution in [0.5, 0.6) is 5.75 Å². The van der Waals surface area contributed by atoms with E-state index in [1.54, 1.807) is 55.1 Å². The molecular weight excluding hydrogens is 532 g/mol. The topological polar surface area (TPSA) is 171 Å². The molecule has 0 spiro atoms. The van der Waals surface area contributed by atoms with Crippen molar-refractivity contribution in [1.29, 1.82) is 0 Å². The summed E-state index contributed by atoms with van der Waals surface area (Å²) in [5.74, 6) is -2.51. The van der Waals surface area contributed by atoms with Gasteiger partial charge < -0.3 is 31.9 Å². The zero-order valence-corrected chi connectivity index (χ0v) is 23.9. The van der Waals surface area contributed by atoms with Crippen LogP contribution < -0.4 is 21.7 Å². The number of carbonyl (C=O) groups is 4. The number of thioether (sulfide) groups is 1. The minimum atomic E-state index is -1.19. The van der Waals surface area contributed by atoms with Crippen LogP contribution in [0.3, 0.4) is 0 Å². The standard InChI is InChI=1S/C29H40N4O6S/c1-4-18(2)25(28(37)32-24(29(38)39)17-19-8-6-5-7-9-19)33-27(36)23(16-20-10-12-21(34)13-11-20)31-26(35)22(30)14-15-40-3/h5-13,18,22-25,34H,4,14-17,30H2,1-3H3,(H,31,35)(H,32,37)(H,33,36)(H,38,39). The molecule has 0 aromatic heterocycles. The number of benzene rings is 2. The summed E-state index contributed by atoms with van der Waals surface area (Å²) in [5.41, 5.74) is 7.44. The Kier molecular flexibility index (Phi) is 13.5. The fraction of sp³-hybridized carbons (Fsp3) is 0.448. The maximum absolute atomic E-state index is 13.5. The molecule has 40 heavy (non-hydrogen) atoms. The first kappa shape index (κ1) is 32.6. The number of carboxylic acids is 1. The van der Waals surface area contributed by atoms with E-state index in [1.807, 2.05) is 19.2 Å². The van der Waals surface area contributed by atoms with E-state index in [0.717, 1.165) is 5.56 Å². The molecule has 5 atom stereocenters. The fourth-order valence-corrected chi connectivity index (χ4v) is 4.49. The molecule has 5 unspecified atom stereocenters. The molecule has 0 aliphatic heterocycles. The number of nitrogens with two attached hydrogens (primary N) is 1. The van der Waals surface area contributed by atoms with Crippen molar-refractivity contribution in [2.45, 2.75) is 63.7 Å². The predicted molar refractivity (Wildman–Crippen MR) is 156 cm³/mol. The molecular formula is C29H40N4O6S. The van der Waals surface area contributed by atoms with Gasteiger partial charge in [-0.1, -0.05) is 62.7 Å². The highest BCUT2D eigenvalue weighted by molar-refractivity contribution is 7.98. The molecule has 2 aromatic rings. The third kappa shape index (κ3) is 10.5. The summed E-state index contributed by atoms with van der Waals surface area (Å²) >= 11 is 1.55. The summed E-state index contributed by atoms with van der Waals surface area (Å²) in [5, 5.41) is 27.4. The quantitative estimate of drug-likeness (QED) is 0.177. The van der Waals surface area contributed by atoms with Gasteiger partial charge in [0.05, 0.1) is 6.04 Å². The van der Waals surface area contributed by atoms with E-state index >= 15 is 0 Å². The molecule has 0 aliphatic carbocycles. The van der Waals surface area contributed by atoms with Gasteiger partial charge in [-0.2, -0.15) is 11.8 Å². The fourth-order valence-electron chi connectivity index (χ4n) is 4.00. The summed E-state index contributed by atoms with van der Waals surface area (Å²) < 4.78 is 0. The Morgan fingerprint density at radius 1 is 0.850 bits per heavy atom. The van der Waals surface area contributed by atoms with Crippen molar-refractivity contribution in [3.05, 3.63) is 65.7 Å². The molecule has 10 nitrogen and oxygen atoms in total. The summed E-state index contributed by atoms with van der Waals surface area (Å²) in [4.78, 5) is 51.6. The molecule has 218 valence electrons.